The van der Waals surface area contributed by atoms with Crippen LogP contribution in [-0.4, -0.2) is 15.7 Å². The summed E-state index contributed by atoms with van der Waals surface area (Å²) in [5, 5.41) is 7.28. The van der Waals surface area contributed by atoms with Gasteiger partial charge in [0.2, 0.25) is 5.91 Å². The molecule has 0 saturated carbocycles. The molecule has 5 nitrogen and oxygen atoms in total. The van der Waals surface area contributed by atoms with Gasteiger partial charge >= 0.3 is 0 Å². The van der Waals surface area contributed by atoms with Crippen molar-refractivity contribution in [3.8, 4) is 0 Å². The third kappa shape index (κ3) is 3.24. The van der Waals surface area contributed by atoms with Crippen molar-refractivity contribution in [2.45, 2.75) is 13.0 Å². The fourth-order valence-electron chi connectivity index (χ4n) is 1.50. The number of rotatable bonds is 4. The van der Waals surface area contributed by atoms with Crippen LogP contribution in [0.2, 0.25) is 5.02 Å². The summed E-state index contributed by atoms with van der Waals surface area (Å²) in [6, 6.07) is 6.78. The Morgan fingerprint density at radius 3 is 3.06 bits per heavy atom. The lowest BCUT2D eigenvalue weighted by Gasteiger charge is -2.08. The number of hydrogen-bond donors (Lipinski definition) is 2. The third-order valence-electron chi connectivity index (χ3n) is 2.42. The largest absolute Gasteiger partial charge is 0.397 e. The van der Waals surface area contributed by atoms with Gasteiger partial charge in [-0.2, -0.15) is 5.10 Å². The van der Waals surface area contributed by atoms with E-state index in [0.29, 0.717) is 29.4 Å². The number of nitrogens with two attached hydrogens (primary N) is 1. The molecule has 0 aliphatic heterocycles. The third-order valence-corrected chi connectivity index (χ3v) is 2.65. The zero-order chi connectivity index (χ0) is 13.0. The Labute approximate surface area is 110 Å². The monoisotopic (exact) mass is 264 g/mol. The number of nitrogens with zero attached hydrogens (tertiary/aromatic N) is 2. The Morgan fingerprint density at radius 2 is 2.33 bits per heavy atom. The summed E-state index contributed by atoms with van der Waals surface area (Å²) in [6.45, 7) is 0.527. The highest BCUT2D eigenvalue weighted by molar-refractivity contribution is 6.31. The minimum Gasteiger partial charge on any atom is -0.397 e. The van der Waals surface area contributed by atoms with Crippen LogP contribution in [0.1, 0.15) is 6.42 Å². The molecule has 0 aliphatic rings. The molecule has 0 aliphatic carbocycles. The van der Waals surface area contributed by atoms with Gasteiger partial charge in [0.15, 0.2) is 0 Å². The summed E-state index contributed by atoms with van der Waals surface area (Å²) >= 11 is 5.84. The normalized spacial score (nSPS) is 10.3. The highest BCUT2D eigenvalue weighted by Gasteiger charge is 2.06. The summed E-state index contributed by atoms with van der Waals surface area (Å²) in [5.74, 6) is -0.125. The number of benzene rings is 1. The SMILES string of the molecule is Nc1ccc(Cl)cc1NC(=O)CCn1cccn1. The summed E-state index contributed by atoms with van der Waals surface area (Å²) in [6.07, 6.45) is 3.81. The molecule has 6 heteroatoms. The van der Waals surface area contributed by atoms with E-state index < -0.39 is 0 Å². The average Bonchev–Trinajstić information content (AvgIpc) is 2.84. The number of carbonyl (C=O) groups excluding carboxylic acids is 1. The van der Waals surface area contributed by atoms with Crippen molar-refractivity contribution in [2.24, 2.45) is 0 Å². The minimum absolute atomic E-state index is 0.125. The van der Waals surface area contributed by atoms with Crippen LogP contribution < -0.4 is 11.1 Å². The molecule has 94 valence electrons. The van der Waals surface area contributed by atoms with Crippen LogP contribution in [0.3, 0.4) is 0 Å². The molecule has 0 fully saturated rings. The van der Waals surface area contributed by atoms with Gasteiger partial charge in [-0.25, -0.2) is 0 Å². The maximum Gasteiger partial charge on any atom is 0.226 e. The number of amides is 1. The minimum atomic E-state index is -0.125. The second-order valence-corrected chi connectivity index (χ2v) is 4.24. The molecule has 0 radical (unpaired) electrons. The van der Waals surface area contributed by atoms with Gasteiger partial charge in [0.1, 0.15) is 0 Å². The summed E-state index contributed by atoms with van der Waals surface area (Å²) in [5.41, 5.74) is 6.77. The quantitative estimate of drug-likeness (QED) is 0.831. The molecule has 2 aromatic rings. The number of anilines is 2. The van der Waals surface area contributed by atoms with Gasteiger partial charge in [-0.05, 0) is 24.3 Å². The first-order chi connectivity index (χ1) is 8.65. The average molecular weight is 265 g/mol. The lowest BCUT2D eigenvalue weighted by molar-refractivity contribution is -0.116. The van der Waals surface area contributed by atoms with Crippen molar-refractivity contribution in [2.75, 3.05) is 11.1 Å². The van der Waals surface area contributed by atoms with E-state index in [-0.39, 0.29) is 5.91 Å². The van der Waals surface area contributed by atoms with E-state index in [1.165, 1.54) is 0 Å². The second-order valence-electron chi connectivity index (χ2n) is 3.80. The molecule has 1 aromatic carbocycles. The molecular formula is C12H13ClN4O. The summed E-state index contributed by atoms with van der Waals surface area (Å²) in [7, 11) is 0. The van der Waals surface area contributed by atoms with Gasteiger partial charge in [-0.15, -0.1) is 0 Å². The molecule has 1 aromatic heterocycles. The van der Waals surface area contributed by atoms with Crippen molar-refractivity contribution in [3.05, 3.63) is 41.7 Å². The van der Waals surface area contributed by atoms with Crippen molar-refractivity contribution in [1.29, 1.82) is 0 Å². The van der Waals surface area contributed by atoms with E-state index in [1.807, 2.05) is 6.07 Å². The number of halogens is 1. The van der Waals surface area contributed by atoms with Gasteiger partial charge in [-0.3, -0.25) is 9.48 Å². The van der Waals surface area contributed by atoms with E-state index in [0.717, 1.165) is 0 Å². The first-order valence-corrected chi connectivity index (χ1v) is 5.85. The number of aromatic nitrogens is 2. The number of carbonyl (C=O) groups is 1. The number of aryl methyl sites for hydroxylation is 1. The van der Waals surface area contributed by atoms with Crippen LogP contribution in [0.15, 0.2) is 36.7 Å². The molecule has 0 atom stereocenters. The van der Waals surface area contributed by atoms with Crippen LogP contribution in [0, 0.1) is 0 Å². The van der Waals surface area contributed by atoms with Gasteiger partial charge in [0.25, 0.3) is 0 Å². The number of nitrogen functional groups attached to an aromatic ring is 1. The van der Waals surface area contributed by atoms with Crippen LogP contribution in [0.4, 0.5) is 11.4 Å². The van der Waals surface area contributed by atoms with Crippen LogP contribution in [0.25, 0.3) is 0 Å². The molecule has 2 rings (SSSR count). The maximum absolute atomic E-state index is 11.7. The summed E-state index contributed by atoms with van der Waals surface area (Å²) < 4.78 is 1.70. The Hall–Kier alpha value is -2.01. The van der Waals surface area contributed by atoms with Gasteiger partial charge in [-0.1, -0.05) is 11.6 Å². The standard InChI is InChI=1S/C12H13ClN4O/c13-9-2-3-10(14)11(8-9)16-12(18)4-7-17-6-1-5-15-17/h1-3,5-6,8H,4,7,14H2,(H,16,18). The highest BCUT2D eigenvalue weighted by atomic mass is 35.5. The molecule has 0 saturated heterocycles. The zero-order valence-corrected chi connectivity index (χ0v) is 10.4. The molecule has 0 bridgehead atoms. The van der Waals surface area contributed by atoms with Crippen molar-refractivity contribution < 1.29 is 4.79 Å². The van der Waals surface area contributed by atoms with Crippen LogP contribution >= 0.6 is 11.6 Å². The maximum atomic E-state index is 11.7. The number of nitrogens with one attached hydrogen (secondary N) is 1. The van der Waals surface area contributed by atoms with E-state index in [4.69, 9.17) is 17.3 Å². The fraction of sp³-hybridized carbons (Fsp3) is 0.167. The van der Waals surface area contributed by atoms with Crippen molar-refractivity contribution in [3.63, 3.8) is 0 Å². The summed E-state index contributed by atoms with van der Waals surface area (Å²) in [4.78, 5) is 11.7. The predicted molar refractivity (Wildman–Crippen MR) is 71.3 cm³/mol. The lowest BCUT2D eigenvalue weighted by Crippen LogP contribution is -2.15. The van der Waals surface area contributed by atoms with Crippen molar-refractivity contribution in [1.82, 2.24) is 9.78 Å². The first-order valence-electron chi connectivity index (χ1n) is 5.47. The Kier molecular flexibility index (Phi) is 3.84. The molecule has 1 amide bonds. The van der Waals surface area contributed by atoms with Crippen LogP contribution in [-0.2, 0) is 11.3 Å². The van der Waals surface area contributed by atoms with E-state index in [1.54, 1.807) is 35.3 Å². The van der Waals surface area contributed by atoms with Crippen LogP contribution in [0.5, 0.6) is 0 Å². The first kappa shape index (κ1) is 12.4. The Balaban J connectivity index is 1.92. The molecule has 1 heterocycles. The van der Waals surface area contributed by atoms with E-state index in [2.05, 4.69) is 10.4 Å². The molecule has 18 heavy (non-hydrogen) atoms. The fourth-order valence-corrected chi connectivity index (χ4v) is 1.67. The smallest absolute Gasteiger partial charge is 0.226 e. The van der Waals surface area contributed by atoms with Gasteiger partial charge < -0.3 is 11.1 Å². The molecule has 3 N–H and O–H groups in total. The Bertz CT molecular complexity index is 539. The molecule has 0 spiro atoms. The zero-order valence-electron chi connectivity index (χ0n) is 9.64. The molecule has 0 unspecified atom stereocenters. The van der Waals surface area contributed by atoms with E-state index >= 15 is 0 Å². The topological polar surface area (TPSA) is 72.9 Å². The Morgan fingerprint density at radius 1 is 1.50 bits per heavy atom. The van der Waals surface area contributed by atoms with Gasteiger partial charge in [0.05, 0.1) is 11.4 Å². The van der Waals surface area contributed by atoms with E-state index in [9.17, 15) is 4.79 Å². The van der Waals surface area contributed by atoms with Crippen molar-refractivity contribution >= 4 is 28.9 Å². The number of hydrogen-bond acceptors (Lipinski definition) is 3. The molecular weight excluding hydrogens is 252 g/mol. The lowest BCUT2D eigenvalue weighted by atomic mass is 10.2. The predicted octanol–water partition coefficient (Wildman–Crippen LogP) is 2.15. The van der Waals surface area contributed by atoms with Gasteiger partial charge in [0, 0.05) is 30.4 Å². The highest BCUT2D eigenvalue weighted by Crippen LogP contribution is 2.22. The second kappa shape index (κ2) is 5.55.